The molecule has 3 aromatic rings. The molecule has 2 aliphatic rings. The molecule has 1 amide bonds. The third-order valence-corrected chi connectivity index (χ3v) is 5.86. The van der Waals surface area contributed by atoms with E-state index in [-0.39, 0.29) is 18.0 Å². The van der Waals surface area contributed by atoms with E-state index in [0.717, 1.165) is 44.5 Å². The van der Waals surface area contributed by atoms with Crippen molar-refractivity contribution in [2.45, 2.75) is 51.1 Å². The first-order chi connectivity index (χ1) is 13.7. The van der Waals surface area contributed by atoms with E-state index in [4.69, 9.17) is 9.97 Å². The Morgan fingerprint density at radius 3 is 3.07 bits per heavy atom. The molecule has 0 unspecified atom stereocenters. The number of rotatable bonds is 0. The lowest BCUT2D eigenvalue weighted by Gasteiger charge is -2.27. The summed E-state index contributed by atoms with van der Waals surface area (Å²) in [7, 11) is 0. The molecular weight excluding hydrogens is 352 g/mol. The number of hydrogen-bond donors (Lipinski definition) is 1. The topological polar surface area (TPSA) is 75.4 Å². The number of nitrogens with one attached hydrogen (secondary N) is 1. The minimum atomic E-state index is -0.110. The number of hydrogen-bond acceptors (Lipinski definition) is 5. The molecule has 2 bridgehead atoms. The third-order valence-electron chi connectivity index (χ3n) is 5.86. The molecule has 0 aliphatic carbocycles. The van der Waals surface area contributed by atoms with Crippen molar-refractivity contribution >= 4 is 17.4 Å². The Hall–Kier alpha value is -2.96. The van der Waals surface area contributed by atoms with Crippen molar-refractivity contribution in [1.29, 1.82) is 0 Å². The fourth-order valence-corrected chi connectivity index (χ4v) is 4.46. The monoisotopic (exact) mass is 376 g/mol. The number of carbonyl (C=O) groups excluding carboxylic acids is 1. The molecule has 3 aromatic heterocycles. The Labute approximate surface area is 163 Å². The molecule has 1 saturated heterocycles. The van der Waals surface area contributed by atoms with Gasteiger partial charge in [-0.2, -0.15) is 5.10 Å². The Morgan fingerprint density at radius 1 is 1.21 bits per heavy atom. The molecule has 0 saturated carbocycles. The molecular formula is C21H24N6O. The summed E-state index contributed by atoms with van der Waals surface area (Å²) < 4.78 is 1.68. The molecule has 28 heavy (non-hydrogen) atoms. The van der Waals surface area contributed by atoms with Crippen molar-refractivity contribution in [3.8, 4) is 0 Å². The third kappa shape index (κ3) is 2.91. The smallest absolute Gasteiger partial charge is 0.256 e. The van der Waals surface area contributed by atoms with E-state index in [0.29, 0.717) is 11.2 Å². The summed E-state index contributed by atoms with van der Waals surface area (Å²) in [6, 6.07) is 6.60. The largest absolute Gasteiger partial charge is 0.349 e. The van der Waals surface area contributed by atoms with Crippen molar-refractivity contribution in [1.82, 2.24) is 24.9 Å². The minimum Gasteiger partial charge on any atom is -0.349 e. The lowest BCUT2D eigenvalue weighted by molar-refractivity contribution is 0.0939. The number of fused-ring (bicyclic) bond motifs is 5. The van der Waals surface area contributed by atoms with Gasteiger partial charge in [0.15, 0.2) is 5.65 Å². The van der Waals surface area contributed by atoms with Gasteiger partial charge in [0.25, 0.3) is 5.91 Å². The van der Waals surface area contributed by atoms with Crippen molar-refractivity contribution in [2.24, 2.45) is 0 Å². The second-order valence-corrected chi connectivity index (χ2v) is 7.77. The molecule has 5 heterocycles. The van der Waals surface area contributed by atoms with Crippen LogP contribution in [0.1, 0.15) is 60.3 Å². The number of nitrogens with zero attached hydrogens (tertiary/aromatic N) is 5. The maximum Gasteiger partial charge on any atom is 0.256 e. The van der Waals surface area contributed by atoms with Crippen molar-refractivity contribution in [2.75, 3.05) is 11.4 Å². The van der Waals surface area contributed by atoms with Crippen LogP contribution in [-0.4, -0.2) is 38.1 Å². The zero-order valence-electron chi connectivity index (χ0n) is 16.0. The molecule has 7 heteroatoms. The highest BCUT2D eigenvalue weighted by atomic mass is 16.1. The van der Waals surface area contributed by atoms with Crippen LogP contribution in [-0.2, 0) is 6.42 Å². The first kappa shape index (κ1) is 17.2. The van der Waals surface area contributed by atoms with Gasteiger partial charge in [-0.3, -0.25) is 9.78 Å². The van der Waals surface area contributed by atoms with Crippen LogP contribution in [0.4, 0.5) is 5.82 Å². The summed E-state index contributed by atoms with van der Waals surface area (Å²) in [5.74, 6) is 0.783. The van der Waals surface area contributed by atoms with Crippen molar-refractivity contribution < 1.29 is 4.79 Å². The van der Waals surface area contributed by atoms with Gasteiger partial charge in [0.2, 0.25) is 0 Å². The van der Waals surface area contributed by atoms with Crippen LogP contribution in [0.25, 0.3) is 5.65 Å². The summed E-state index contributed by atoms with van der Waals surface area (Å²) in [6.07, 6.45) is 10.4. The molecule has 1 fully saturated rings. The Balaban J connectivity index is 1.65. The van der Waals surface area contributed by atoms with Crippen LogP contribution in [0, 0.1) is 0 Å². The molecule has 2 aliphatic heterocycles. The fourth-order valence-electron chi connectivity index (χ4n) is 4.46. The van der Waals surface area contributed by atoms with Crippen LogP contribution in [0.3, 0.4) is 0 Å². The normalized spacial score (nSPS) is 22.6. The van der Waals surface area contributed by atoms with E-state index in [2.05, 4.69) is 21.4 Å². The van der Waals surface area contributed by atoms with Gasteiger partial charge in [-0.05, 0) is 56.7 Å². The van der Waals surface area contributed by atoms with Gasteiger partial charge < -0.3 is 10.2 Å². The van der Waals surface area contributed by atoms with Crippen molar-refractivity contribution in [3.63, 3.8) is 0 Å². The molecule has 0 spiro atoms. The molecule has 144 valence electrons. The Kier molecular flexibility index (Phi) is 4.22. The summed E-state index contributed by atoms with van der Waals surface area (Å²) in [6.45, 7) is 3.00. The maximum absolute atomic E-state index is 12.8. The van der Waals surface area contributed by atoms with Gasteiger partial charge in [-0.25, -0.2) is 9.50 Å². The SMILES string of the molecule is C[C@@H]1CCCc2ncccc2[C@H]2CCCN2c2ccn3ncc(c3n2)C(=O)N1. The summed E-state index contributed by atoms with van der Waals surface area (Å²) in [4.78, 5) is 24.7. The van der Waals surface area contributed by atoms with Gasteiger partial charge in [-0.15, -0.1) is 0 Å². The number of carbonyl (C=O) groups is 1. The van der Waals surface area contributed by atoms with E-state index >= 15 is 0 Å². The summed E-state index contributed by atoms with van der Waals surface area (Å²) >= 11 is 0. The fraction of sp³-hybridized carbons (Fsp3) is 0.429. The molecule has 1 N–H and O–H groups in total. The lowest BCUT2D eigenvalue weighted by Crippen LogP contribution is -2.33. The molecule has 2 atom stereocenters. The molecule has 0 aromatic carbocycles. The van der Waals surface area contributed by atoms with Gasteiger partial charge in [-0.1, -0.05) is 6.07 Å². The quantitative estimate of drug-likeness (QED) is 0.653. The lowest BCUT2D eigenvalue weighted by atomic mass is 9.98. The highest BCUT2D eigenvalue weighted by Crippen LogP contribution is 2.37. The molecule has 0 radical (unpaired) electrons. The predicted molar refractivity (Wildman–Crippen MR) is 106 cm³/mol. The highest BCUT2D eigenvalue weighted by molar-refractivity contribution is 5.99. The summed E-state index contributed by atoms with van der Waals surface area (Å²) in [5.41, 5.74) is 3.62. The minimum absolute atomic E-state index is 0.0868. The zero-order chi connectivity index (χ0) is 19.1. The van der Waals surface area contributed by atoms with E-state index in [1.54, 1.807) is 10.7 Å². The highest BCUT2D eigenvalue weighted by Gasteiger charge is 2.30. The molecule has 5 rings (SSSR count). The first-order valence-electron chi connectivity index (χ1n) is 10.1. The second-order valence-electron chi connectivity index (χ2n) is 7.77. The number of amides is 1. The first-order valence-corrected chi connectivity index (χ1v) is 10.1. The second kappa shape index (κ2) is 6.89. The van der Waals surface area contributed by atoms with Crippen LogP contribution in [0.2, 0.25) is 0 Å². The van der Waals surface area contributed by atoms with E-state index in [9.17, 15) is 4.79 Å². The number of aromatic nitrogens is 4. The van der Waals surface area contributed by atoms with E-state index in [1.807, 2.05) is 31.5 Å². The average Bonchev–Trinajstić information content (AvgIpc) is 3.34. The Bertz CT molecular complexity index is 1030. The van der Waals surface area contributed by atoms with Crippen LogP contribution >= 0.6 is 0 Å². The van der Waals surface area contributed by atoms with Crippen LogP contribution in [0.15, 0.2) is 36.8 Å². The van der Waals surface area contributed by atoms with Gasteiger partial charge in [0, 0.05) is 30.7 Å². The van der Waals surface area contributed by atoms with Crippen LogP contribution in [0.5, 0.6) is 0 Å². The standard InChI is InChI=1S/C21H24N6O/c1-14-5-2-7-17-15(6-3-10-22-17)18-8-4-11-26(18)19-9-12-27-20(25-19)16(13-23-27)21(28)24-14/h3,6,9-10,12-14,18H,2,4-5,7-8,11H2,1H3,(H,24,28)/t14-,18-/m1/s1. The number of aryl methyl sites for hydroxylation is 1. The van der Waals surface area contributed by atoms with E-state index in [1.165, 1.54) is 11.3 Å². The predicted octanol–water partition coefficient (Wildman–Crippen LogP) is 2.92. The van der Waals surface area contributed by atoms with Gasteiger partial charge in [0.05, 0.1) is 12.2 Å². The van der Waals surface area contributed by atoms with Gasteiger partial charge >= 0.3 is 0 Å². The maximum atomic E-state index is 12.8. The average molecular weight is 376 g/mol. The Morgan fingerprint density at radius 2 is 2.14 bits per heavy atom. The number of pyridine rings is 1. The van der Waals surface area contributed by atoms with Crippen LogP contribution < -0.4 is 10.2 Å². The number of anilines is 1. The van der Waals surface area contributed by atoms with E-state index < -0.39 is 0 Å². The zero-order valence-corrected chi connectivity index (χ0v) is 16.0. The molecule has 7 nitrogen and oxygen atoms in total. The summed E-state index contributed by atoms with van der Waals surface area (Å²) in [5, 5.41) is 7.41. The van der Waals surface area contributed by atoms with Gasteiger partial charge in [0.1, 0.15) is 11.4 Å². The van der Waals surface area contributed by atoms with Crippen molar-refractivity contribution in [3.05, 3.63) is 53.6 Å².